The van der Waals surface area contributed by atoms with Gasteiger partial charge in [-0.1, -0.05) is 13.8 Å². The van der Waals surface area contributed by atoms with Gasteiger partial charge in [-0.25, -0.2) is 0 Å². The van der Waals surface area contributed by atoms with Crippen LogP contribution < -0.4 is 14.2 Å². The first kappa shape index (κ1) is 21.6. The summed E-state index contributed by atoms with van der Waals surface area (Å²) in [5, 5.41) is 9.17. The molecule has 1 aromatic rings. The van der Waals surface area contributed by atoms with Crippen molar-refractivity contribution < 1.29 is 33.6 Å². The normalized spacial score (nSPS) is 11.0. The average Bonchev–Trinajstić information content (AvgIpc) is 2.51. The SMILES string of the molecule is CC(=O)OC(C)=O.COc1cc(OC)nc(OC(CO)C(C)C)n1. The van der Waals surface area contributed by atoms with Crippen LogP contribution in [0.25, 0.3) is 0 Å². The topological polar surface area (TPSA) is 117 Å². The number of methoxy groups -OCH3 is 2. The Morgan fingerprint density at radius 2 is 1.54 bits per heavy atom. The van der Waals surface area contributed by atoms with Gasteiger partial charge in [-0.2, -0.15) is 9.97 Å². The second-order valence-electron chi connectivity index (χ2n) is 4.90. The minimum atomic E-state index is -0.562. The third-order valence-corrected chi connectivity index (χ3v) is 2.54. The molecule has 9 heteroatoms. The van der Waals surface area contributed by atoms with Crippen LogP contribution in [0, 0.1) is 5.92 Å². The summed E-state index contributed by atoms with van der Waals surface area (Å²) in [6.07, 6.45) is -0.355. The van der Waals surface area contributed by atoms with Gasteiger partial charge in [0.2, 0.25) is 11.8 Å². The largest absolute Gasteiger partial charge is 0.481 e. The van der Waals surface area contributed by atoms with Gasteiger partial charge in [-0.3, -0.25) is 9.59 Å². The molecule has 136 valence electrons. The molecule has 0 aliphatic carbocycles. The number of hydrogen-bond donors (Lipinski definition) is 1. The van der Waals surface area contributed by atoms with Crippen LogP contribution in [-0.4, -0.2) is 53.9 Å². The van der Waals surface area contributed by atoms with Crippen molar-refractivity contribution in [3.63, 3.8) is 0 Å². The van der Waals surface area contributed by atoms with E-state index in [0.29, 0.717) is 11.8 Å². The number of aliphatic hydroxyl groups is 1. The van der Waals surface area contributed by atoms with Gasteiger partial charge in [0.15, 0.2) is 0 Å². The summed E-state index contributed by atoms with van der Waals surface area (Å²) in [6, 6.07) is 1.69. The molecule has 0 aromatic carbocycles. The number of carbonyl (C=O) groups is 2. The summed E-state index contributed by atoms with van der Waals surface area (Å²) in [6.45, 7) is 6.15. The van der Waals surface area contributed by atoms with Gasteiger partial charge in [0.25, 0.3) is 0 Å². The molecule has 0 amide bonds. The summed E-state index contributed by atoms with van der Waals surface area (Å²) in [5.74, 6) is -0.264. The lowest BCUT2D eigenvalue weighted by Crippen LogP contribution is -2.28. The molecule has 0 saturated carbocycles. The van der Waals surface area contributed by atoms with Crippen LogP contribution in [-0.2, 0) is 14.3 Å². The fraction of sp³-hybridized carbons (Fsp3) is 0.600. The fourth-order valence-electron chi connectivity index (χ4n) is 1.37. The lowest BCUT2D eigenvalue weighted by Gasteiger charge is -2.19. The minimum absolute atomic E-state index is 0.0967. The van der Waals surface area contributed by atoms with E-state index in [1.54, 1.807) is 6.07 Å². The van der Waals surface area contributed by atoms with Crippen molar-refractivity contribution in [1.82, 2.24) is 9.97 Å². The first-order valence-electron chi connectivity index (χ1n) is 7.17. The van der Waals surface area contributed by atoms with Crippen LogP contribution in [0.3, 0.4) is 0 Å². The molecule has 0 fully saturated rings. The molecule has 1 aromatic heterocycles. The Morgan fingerprint density at radius 1 is 1.08 bits per heavy atom. The molecule has 1 unspecified atom stereocenters. The third kappa shape index (κ3) is 8.89. The molecule has 0 spiro atoms. The van der Waals surface area contributed by atoms with Gasteiger partial charge in [0.1, 0.15) is 6.10 Å². The van der Waals surface area contributed by atoms with E-state index in [1.165, 1.54) is 28.1 Å². The number of carbonyl (C=O) groups excluding carboxylic acids is 2. The van der Waals surface area contributed by atoms with Crippen LogP contribution in [0.1, 0.15) is 27.7 Å². The van der Waals surface area contributed by atoms with Crippen molar-refractivity contribution in [2.75, 3.05) is 20.8 Å². The van der Waals surface area contributed by atoms with E-state index < -0.39 is 11.9 Å². The Kier molecular flexibility index (Phi) is 10.0. The standard InChI is InChI=1S/C11H18N2O4.C4H6O3/c1-7(2)8(6-14)17-11-12-9(15-3)5-10(13-11)16-4;1-3(5)7-4(2)6/h5,7-8,14H,6H2,1-4H3;1-2H3. The van der Waals surface area contributed by atoms with Gasteiger partial charge in [-0.05, 0) is 5.92 Å². The van der Waals surface area contributed by atoms with Crippen LogP contribution in [0.15, 0.2) is 6.07 Å². The maximum atomic E-state index is 9.81. The zero-order valence-electron chi connectivity index (χ0n) is 14.7. The summed E-state index contributed by atoms with van der Waals surface area (Å²) in [7, 11) is 3.00. The highest BCUT2D eigenvalue weighted by atomic mass is 16.6. The summed E-state index contributed by atoms with van der Waals surface area (Å²) in [5.41, 5.74) is 0. The highest BCUT2D eigenvalue weighted by Gasteiger charge is 2.17. The maximum Gasteiger partial charge on any atom is 0.323 e. The predicted molar refractivity (Wildman–Crippen MR) is 83.9 cm³/mol. The second kappa shape index (κ2) is 11.2. The van der Waals surface area contributed by atoms with Gasteiger partial charge in [-0.15, -0.1) is 0 Å². The Balaban J connectivity index is 0.000000640. The quantitative estimate of drug-likeness (QED) is 0.595. The smallest absolute Gasteiger partial charge is 0.323 e. The lowest BCUT2D eigenvalue weighted by atomic mass is 10.1. The zero-order chi connectivity index (χ0) is 18.7. The van der Waals surface area contributed by atoms with Crippen LogP contribution >= 0.6 is 0 Å². The molecule has 0 aliphatic rings. The first-order valence-corrected chi connectivity index (χ1v) is 7.17. The zero-order valence-corrected chi connectivity index (χ0v) is 14.7. The third-order valence-electron chi connectivity index (χ3n) is 2.54. The van der Waals surface area contributed by atoms with Gasteiger partial charge >= 0.3 is 17.9 Å². The van der Waals surface area contributed by atoms with E-state index in [9.17, 15) is 9.59 Å². The van der Waals surface area contributed by atoms with Crippen molar-refractivity contribution in [2.45, 2.75) is 33.8 Å². The predicted octanol–water partition coefficient (Wildman–Crippen LogP) is 0.985. The van der Waals surface area contributed by atoms with Crippen molar-refractivity contribution in [3.8, 4) is 17.8 Å². The number of nitrogens with zero attached hydrogens (tertiary/aromatic N) is 2. The monoisotopic (exact) mass is 344 g/mol. The number of esters is 2. The molecular weight excluding hydrogens is 320 g/mol. The molecule has 1 N–H and O–H groups in total. The van der Waals surface area contributed by atoms with Gasteiger partial charge < -0.3 is 24.1 Å². The van der Waals surface area contributed by atoms with Gasteiger partial charge in [0, 0.05) is 13.8 Å². The number of hydrogen-bond acceptors (Lipinski definition) is 9. The highest BCUT2D eigenvalue weighted by molar-refractivity contribution is 5.82. The first-order chi connectivity index (χ1) is 11.2. The lowest BCUT2D eigenvalue weighted by molar-refractivity contribution is -0.156. The maximum absolute atomic E-state index is 9.81. The number of ether oxygens (including phenoxy) is 4. The van der Waals surface area contributed by atoms with E-state index in [2.05, 4.69) is 14.7 Å². The van der Waals surface area contributed by atoms with Crippen molar-refractivity contribution >= 4 is 11.9 Å². The average molecular weight is 344 g/mol. The van der Waals surface area contributed by atoms with Crippen molar-refractivity contribution in [1.29, 1.82) is 0 Å². The number of aromatic nitrogens is 2. The molecule has 0 bridgehead atoms. The highest BCUT2D eigenvalue weighted by Crippen LogP contribution is 2.20. The minimum Gasteiger partial charge on any atom is -0.481 e. The van der Waals surface area contributed by atoms with E-state index in [1.807, 2.05) is 13.8 Å². The molecule has 0 radical (unpaired) electrons. The van der Waals surface area contributed by atoms with Crippen LogP contribution in [0.4, 0.5) is 0 Å². The Hall–Kier alpha value is -2.42. The summed E-state index contributed by atoms with van der Waals surface area (Å²) in [4.78, 5) is 27.7. The fourth-order valence-corrected chi connectivity index (χ4v) is 1.37. The molecule has 1 rings (SSSR count). The van der Waals surface area contributed by atoms with E-state index in [-0.39, 0.29) is 24.6 Å². The molecule has 0 aliphatic heterocycles. The molecule has 1 heterocycles. The molecule has 24 heavy (non-hydrogen) atoms. The van der Waals surface area contributed by atoms with E-state index >= 15 is 0 Å². The number of rotatable bonds is 6. The Bertz CT molecular complexity index is 500. The van der Waals surface area contributed by atoms with Gasteiger partial charge in [0.05, 0.1) is 26.9 Å². The molecule has 1 atom stereocenters. The Morgan fingerprint density at radius 3 is 1.79 bits per heavy atom. The van der Waals surface area contributed by atoms with Crippen molar-refractivity contribution in [3.05, 3.63) is 6.07 Å². The van der Waals surface area contributed by atoms with E-state index in [4.69, 9.17) is 19.3 Å². The van der Waals surface area contributed by atoms with Crippen molar-refractivity contribution in [2.24, 2.45) is 5.92 Å². The molecular formula is C15H24N2O7. The Labute approximate surface area is 140 Å². The second-order valence-corrected chi connectivity index (χ2v) is 4.90. The molecule has 0 saturated heterocycles. The summed E-state index contributed by atoms with van der Waals surface area (Å²) < 4.78 is 19.4. The summed E-state index contributed by atoms with van der Waals surface area (Å²) >= 11 is 0. The van der Waals surface area contributed by atoms with Crippen LogP contribution in [0.2, 0.25) is 0 Å². The van der Waals surface area contributed by atoms with Crippen LogP contribution in [0.5, 0.6) is 17.8 Å². The van der Waals surface area contributed by atoms with E-state index in [0.717, 1.165) is 0 Å². The molecule has 9 nitrogen and oxygen atoms in total. The number of aliphatic hydroxyl groups excluding tert-OH is 1.